The van der Waals surface area contributed by atoms with Crippen molar-refractivity contribution >= 4 is 39.0 Å². The molecule has 0 aliphatic rings. The van der Waals surface area contributed by atoms with Crippen molar-refractivity contribution in [2.24, 2.45) is 0 Å². The van der Waals surface area contributed by atoms with E-state index in [1.807, 2.05) is 13.8 Å². The van der Waals surface area contributed by atoms with Gasteiger partial charge in [0.2, 0.25) is 0 Å². The summed E-state index contributed by atoms with van der Waals surface area (Å²) in [5.41, 5.74) is 0.781. The smallest absolute Gasteiger partial charge is 0.149 e. The van der Waals surface area contributed by atoms with Crippen LogP contribution in [0.2, 0.25) is 5.15 Å². The molecule has 0 saturated carbocycles. The normalized spacial score (nSPS) is 10.9. The molecular weight excluding hydrogens is 352 g/mol. The summed E-state index contributed by atoms with van der Waals surface area (Å²) < 4.78 is 27.1. The molecular formula is C13H11BrClF2N3. The highest BCUT2D eigenvalue weighted by Gasteiger charge is 2.16. The van der Waals surface area contributed by atoms with E-state index in [1.165, 1.54) is 12.4 Å². The fourth-order valence-electron chi connectivity index (χ4n) is 1.73. The quantitative estimate of drug-likeness (QED) is 0.614. The topological polar surface area (TPSA) is 37.8 Å². The molecule has 0 bridgehead atoms. The van der Waals surface area contributed by atoms with Crippen molar-refractivity contribution in [2.75, 3.05) is 5.32 Å². The minimum absolute atomic E-state index is 0.0538. The largest absolute Gasteiger partial charge is 0.337 e. The standard InChI is InChI=1S/C13H11BrClF2N3/c1-6(2)11-12(15)18-5-19-13(11)20-10-3-7(14)8(16)4-9(10)17/h3-6H,1-2H3,(H,18,19,20). The average molecular weight is 363 g/mol. The van der Waals surface area contributed by atoms with Crippen LogP contribution in [0, 0.1) is 11.6 Å². The van der Waals surface area contributed by atoms with Crippen LogP contribution >= 0.6 is 27.5 Å². The van der Waals surface area contributed by atoms with Gasteiger partial charge in [0, 0.05) is 11.6 Å². The lowest BCUT2D eigenvalue weighted by Gasteiger charge is -2.15. The van der Waals surface area contributed by atoms with Gasteiger partial charge in [-0.05, 0) is 27.9 Å². The van der Waals surface area contributed by atoms with Crippen LogP contribution in [0.15, 0.2) is 22.9 Å². The Labute approximate surface area is 128 Å². The average Bonchev–Trinajstić information content (AvgIpc) is 2.35. The van der Waals surface area contributed by atoms with Gasteiger partial charge in [-0.3, -0.25) is 0 Å². The van der Waals surface area contributed by atoms with Crippen molar-refractivity contribution < 1.29 is 8.78 Å². The predicted molar refractivity (Wildman–Crippen MR) is 78.5 cm³/mol. The second-order valence-corrected chi connectivity index (χ2v) is 5.66. The Kier molecular flexibility index (Phi) is 4.55. The molecule has 0 unspecified atom stereocenters. The third-order valence-electron chi connectivity index (χ3n) is 2.68. The Morgan fingerprint density at radius 2 is 1.90 bits per heavy atom. The number of rotatable bonds is 3. The van der Waals surface area contributed by atoms with Crippen LogP contribution in [-0.2, 0) is 0 Å². The highest BCUT2D eigenvalue weighted by Crippen LogP contribution is 2.32. The van der Waals surface area contributed by atoms with Crippen LogP contribution in [0.1, 0.15) is 25.3 Å². The molecule has 0 amide bonds. The van der Waals surface area contributed by atoms with E-state index in [-0.39, 0.29) is 16.1 Å². The molecule has 106 valence electrons. The maximum atomic E-state index is 13.7. The molecule has 2 aromatic rings. The third-order valence-corrected chi connectivity index (χ3v) is 3.58. The summed E-state index contributed by atoms with van der Waals surface area (Å²) in [4.78, 5) is 7.97. The number of nitrogens with zero attached hydrogens (tertiary/aromatic N) is 2. The highest BCUT2D eigenvalue weighted by atomic mass is 79.9. The molecule has 1 N–H and O–H groups in total. The SMILES string of the molecule is CC(C)c1c(Cl)ncnc1Nc1cc(Br)c(F)cc1F. The molecule has 0 atom stereocenters. The van der Waals surface area contributed by atoms with Crippen LogP contribution in [0.3, 0.4) is 0 Å². The zero-order valence-corrected chi connectivity index (χ0v) is 13.1. The van der Waals surface area contributed by atoms with Gasteiger partial charge in [-0.15, -0.1) is 0 Å². The van der Waals surface area contributed by atoms with Gasteiger partial charge in [0.25, 0.3) is 0 Å². The molecule has 7 heteroatoms. The first-order valence-corrected chi connectivity index (χ1v) is 6.99. The second-order valence-electron chi connectivity index (χ2n) is 4.45. The van der Waals surface area contributed by atoms with Crippen molar-refractivity contribution in [3.05, 3.63) is 45.3 Å². The fraction of sp³-hybridized carbons (Fsp3) is 0.231. The Morgan fingerprint density at radius 1 is 1.20 bits per heavy atom. The zero-order chi connectivity index (χ0) is 14.9. The summed E-state index contributed by atoms with van der Waals surface area (Å²) in [6.07, 6.45) is 1.28. The van der Waals surface area contributed by atoms with Gasteiger partial charge >= 0.3 is 0 Å². The Balaban J connectivity index is 2.45. The van der Waals surface area contributed by atoms with Gasteiger partial charge in [0.1, 0.15) is 28.9 Å². The van der Waals surface area contributed by atoms with E-state index in [0.29, 0.717) is 16.5 Å². The minimum Gasteiger partial charge on any atom is -0.337 e. The Bertz CT molecular complexity index is 650. The number of hydrogen-bond donors (Lipinski definition) is 1. The lowest BCUT2D eigenvalue weighted by atomic mass is 10.1. The molecule has 0 spiro atoms. The van der Waals surface area contributed by atoms with Crippen LogP contribution in [-0.4, -0.2) is 9.97 Å². The molecule has 1 heterocycles. The van der Waals surface area contributed by atoms with E-state index in [9.17, 15) is 8.78 Å². The molecule has 1 aromatic carbocycles. The summed E-state index contributed by atoms with van der Waals surface area (Å²) in [6, 6.07) is 2.11. The number of aromatic nitrogens is 2. The summed E-state index contributed by atoms with van der Waals surface area (Å²) >= 11 is 9.05. The summed E-state index contributed by atoms with van der Waals surface area (Å²) in [5, 5.41) is 3.13. The predicted octanol–water partition coefficient (Wildman–Crippen LogP) is 5.04. The van der Waals surface area contributed by atoms with Gasteiger partial charge in [-0.1, -0.05) is 25.4 Å². The van der Waals surface area contributed by atoms with Crippen molar-refractivity contribution in [1.29, 1.82) is 0 Å². The molecule has 1 aromatic heterocycles. The second kappa shape index (κ2) is 6.01. The zero-order valence-electron chi connectivity index (χ0n) is 10.7. The van der Waals surface area contributed by atoms with Crippen molar-refractivity contribution in [2.45, 2.75) is 19.8 Å². The molecule has 0 saturated heterocycles. The number of anilines is 2. The number of nitrogens with one attached hydrogen (secondary N) is 1. The fourth-order valence-corrected chi connectivity index (χ4v) is 2.43. The van der Waals surface area contributed by atoms with Crippen molar-refractivity contribution in [1.82, 2.24) is 9.97 Å². The van der Waals surface area contributed by atoms with Crippen molar-refractivity contribution in [3.63, 3.8) is 0 Å². The van der Waals surface area contributed by atoms with E-state index in [4.69, 9.17) is 11.6 Å². The monoisotopic (exact) mass is 361 g/mol. The molecule has 0 radical (unpaired) electrons. The van der Waals surface area contributed by atoms with E-state index < -0.39 is 11.6 Å². The van der Waals surface area contributed by atoms with E-state index in [2.05, 4.69) is 31.2 Å². The molecule has 0 aliphatic heterocycles. The first-order chi connectivity index (χ1) is 9.40. The van der Waals surface area contributed by atoms with Crippen LogP contribution in [0.25, 0.3) is 0 Å². The number of halogens is 4. The number of benzene rings is 1. The lowest BCUT2D eigenvalue weighted by molar-refractivity contribution is 0.581. The summed E-state index contributed by atoms with van der Waals surface area (Å²) in [5.74, 6) is -0.927. The minimum atomic E-state index is -0.713. The first kappa shape index (κ1) is 15.1. The van der Waals surface area contributed by atoms with Crippen LogP contribution < -0.4 is 5.32 Å². The summed E-state index contributed by atoms with van der Waals surface area (Å²) in [6.45, 7) is 3.85. The molecule has 3 nitrogen and oxygen atoms in total. The van der Waals surface area contributed by atoms with Crippen LogP contribution in [0.5, 0.6) is 0 Å². The Hall–Kier alpha value is -1.27. The van der Waals surface area contributed by atoms with Gasteiger partial charge in [-0.2, -0.15) is 0 Å². The first-order valence-electron chi connectivity index (χ1n) is 5.82. The van der Waals surface area contributed by atoms with Crippen molar-refractivity contribution in [3.8, 4) is 0 Å². The highest BCUT2D eigenvalue weighted by molar-refractivity contribution is 9.10. The maximum Gasteiger partial charge on any atom is 0.149 e. The molecule has 0 fully saturated rings. The molecule has 0 aliphatic carbocycles. The summed E-state index contributed by atoms with van der Waals surface area (Å²) in [7, 11) is 0. The van der Waals surface area contributed by atoms with Gasteiger partial charge in [-0.25, -0.2) is 18.7 Å². The Morgan fingerprint density at radius 3 is 2.55 bits per heavy atom. The van der Waals surface area contributed by atoms with E-state index >= 15 is 0 Å². The lowest BCUT2D eigenvalue weighted by Crippen LogP contribution is -2.04. The van der Waals surface area contributed by atoms with Gasteiger partial charge in [0.15, 0.2) is 0 Å². The number of hydrogen-bond acceptors (Lipinski definition) is 3. The molecule has 20 heavy (non-hydrogen) atoms. The van der Waals surface area contributed by atoms with E-state index in [1.54, 1.807) is 0 Å². The molecule has 2 rings (SSSR count). The van der Waals surface area contributed by atoms with Gasteiger partial charge < -0.3 is 5.32 Å². The van der Waals surface area contributed by atoms with Gasteiger partial charge in [0.05, 0.1) is 10.2 Å². The maximum absolute atomic E-state index is 13.7. The van der Waals surface area contributed by atoms with Crippen LogP contribution in [0.4, 0.5) is 20.3 Å². The van der Waals surface area contributed by atoms with E-state index in [0.717, 1.165) is 6.07 Å². The third kappa shape index (κ3) is 3.07.